The van der Waals surface area contributed by atoms with Crippen LogP contribution < -0.4 is 11.1 Å². The van der Waals surface area contributed by atoms with Crippen LogP contribution >= 0.6 is 0 Å². The lowest BCUT2D eigenvalue weighted by Gasteiger charge is -2.27. The van der Waals surface area contributed by atoms with Gasteiger partial charge in [-0.1, -0.05) is 12.1 Å². The SMILES string of the molecule is COC(=O)c1ccc(CN)cc1CN1CCNCC1. The molecule has 1 aromatic carbocycles. The number of methoxy groups -OCH3 is 1. The second-order valence-electron chi connectivity index (χ2n) is 4.71. The van der Waals surface area contributed by atoms with E-state index >= 15 is 0 Å². The first-order valence-electron chi connectivity index (χ1n) is 6.58. The van der Waals surface area contributed by atoms with Crippen LogP contribution in [0.1, 0.15) is 21.5 Å². The Kier molecular flexibility index (Phi) is 4.90. The third-order valence-corrected chi connectivity index (χ3v) is 3.41. The van der Waals surface area contributed by atoms with Gasteiger partial charge in [0.15, 0.2) is 0 Å². The Balaban J connectivity index is 2.21. The van der Waals surface area contributed by atoms with E-state index in [1.54, 1.807) is 0 Å². The van der Waals surface area contributed by atoms with Crippen molar-refractivity contribution >= 4 is 5.97 Å². The molecule has 5 heteroatoms. The summed E-state index contributed by atoms with van der Waals surface area (Å²) < 4.78 is 4.84. The second-order valence-corrected chi connectivity index (χ2v) is 4.71. The minimum absolute atomic E-state index is 0.284. The quantitative estimate of drug-likeness (QED) is 0.767. The van der Waals surface area contributed by atoms with Crippen LogP contribution in [0.25, 0.3) is 0 Å². The van der Waals surface area contributed by atoms with Crippen molar-refractivity contribution in [3.63, 3.8) is 0 Å². The number of carbonyl (C=O) groups excluding carboxylic acids is 1. The lowest BCUT2D eigenvalue weighted by molar-refractivity contribution is 0.0598. The van der Waals surface area contributed by atoms with Crippen LogP contribution in [0.15, 0.2) is 18.2 Å². The maximum atomic E-state index is 11.8. The van der Waals surface area contributed by atoms with Crippen molar-refractivity contribution in [2.24, 2.45) is 5.73 Å². The fourth-order valence-corrected chi connectivity index (χ4v) is 2.32. The van der Waals surface area contributed by atoms with Crippen molar-refractivity contribution in [2.45, 2.75) is 13.1 Å². The van der Waals surface area contributed by atoms with Crippen LogP contribution in [0.3, 0.4) is 0 Å². The van der Waals surface area contributed by atoms with Crippen LogP contribution in [0, 0.1) is 0 Å². The highest BCUT2D eigenvalue weighted by atomic mass is 16.5. The van der Waals surface area contributed by atoms with Crippen LogP contribution in [0.4, 0.5) is 0 Å². The number of benzene rings is 1. The number of piperazine rings is 1. The molecule has 1 aromatic rings. The van der Waals surface area contributed by atoms with Crippen LogP contribution in [-0.2, 0) is 17.8 Å². The van der Waals surface area contributed by atoms with Crippen LogP contribution in [0.5, 0.6) is 0 Å². The molecule has 2 rings (SSSR count). The molecule has 0 aromatic heterocycles. The van der Waals surface area contributed by atoms with Crippen LogP contribution in [0.2, 0.25) is 0 Å². The van der Waals surface area contributed by atoms with E-state index < -0.39 is 0 Å². The summed E-state index contributed by atoms with van der Waals surface area (Å²) in [5.41, 5.74) is 8.34. The van der Waals surface area contributed by atoms with Gasteiger partial charge in [-0.3, -0.25) is 4.90 Å². The van der Waals surface area contributed by atoms with Gasteiger partial charge in [-0.2, -0.15) is 0 Å². The van der Waals surface area contributed by atoms with E-state index in [9.17, 15) is 4.79 Å². The van der Waals surface area contributed by atoms with Crippen LogP contribution in [-0.4, -0.2) is 44.2 Å². The minimum Gasteiger partial charge on any atom is -0.465 e. The molecule has 1 heterocycles. The average Bonchev–Trinajstić information content (AvgIpc) is 2.47. The van der Waals surface area contributed by atoms with Gasteiger partial charge in [-0.05, 0) is 17.2 Å². The maximum Gasteiger partial charge on any atom is 0.338 e. The molecule has 1 aliphatic heterocycles. The second kappa shape index (κ2) is 6.65. The average molecular weight is 263 g/mol. The highest BCUT2D eigenvalue weighted by Gasteiger charge is 2.16. The molecular formula is C14H21N3O2. The summed E-state index contributed by atoms with van der Waals surface area (Å²) in [6.45, 7) is 5.21. The van der Waals surface area contributed by atoms with E-state index in [0.29, 0.717) is 12.1 Å². The molecular weight excluding hydrogens is 242 g/mol. The number of hydrogen-bond donors (Lipinski definition) is 2. The molecule has 0 radical (unpaired) electrons. The zero-order valence-corrected chi connectivity index (χ0v) is 11.3. The zero-order chi connectivity index (χ0) is 13.7. The first kappa shape index (κ1) is 14.0. The highest BCUT2D eigenvalue weighted by molar-refractivity contribution is 5.91. The molecule has 0 unspecified atom stereocenters. The van der Waals surface area contributed by atoms with Crippen molar-refractivity contribution in [1.29, 1.82) is 0 Å². The zero-order valence-electron chi connectivity index (χ0n) is 11.3. The Morgan fingerprint density at radius 1 is 1.42 bits per heavy atom. The summed E-state index contributed by atoms with van der Waals surface area (Å²) in [4.78, 5) is 14.1. The van der Waals surface area contributed by atoms with Gasteiger partial charge in [-0.15, -0.1) is 0 Å². The highest BCUT2D eigenvalue weighted by Crippen LogP contribution is 2.16. The predicted molar refractivity (Wildman–Crippen MR) is 73.8 cm³/mol. The standard InChI is InChI=1S/C14H21N3O2/c1-19-14(18)13-3-2-11(9-15)8-12(13)10-17-6-4-16-5-7-17/h2-3,8,16H,4-7,9-10,15H2,1H3. The number of esters is 1. The van der Waals surface area contributed by atoms with E-state index in [-0.39, 0.29) is 5.97 Å². The first-order chi connectivity index (χ1) is 9.24. The summed E-state index contributed by atoms with van der Waals surface area (Å²) in [7, 11) is 1.41. The summed E-state index contributed by atoms with van der Waals surface area (Å²) in [5.74, 6) is -0.284. The van der Waals surface area contributed by atoms with Crippen molar-refractivity contribution in [1.82, 2.24) is 10.2 Å². The van der Waals surface area contributed by atoms with Gasteiger partial charge in [0.1, 0.15) is 0 Å². The molecule has 19 heavy (non-hydrogen) atoms. The van der Waals surface area contributed by atoms with Gasteiger partial charge in [0, 0.05) is 39.3 Å². The largest absolute Gasteiger partial charge is 0.465 e. The van der Waals surface area contributed by atoms with Gasteiger partial charge in [0.25, 0.3) is 0 Å². The molecule has 1 aliphatic rings. The van der Waals surface area contributed by atoms with Crippen molar-refractivity contribution in [3.05, 3.63) is 34.9 Å². The molecule has 5 nitrogen and oxygen atoms in total. The van der Waals surface area contributed by atoms with E-state index in [1.165, 1.54) is 7.11 Å². The molecule has 3 N–H and O–H groups in total. The van der Waals surface area contributed by atoms with E-state index in [1.807, 2.05) is 18.2 Å². The van der Waals surface area contributed by atoms with Gasteiger partial charge >= 0.3 is 5.97 Å². The third-order valence-electron chi connectivity index (χ3n) is 3.41. The van der Waals surface area contributed by atoms with Gasteiger partial charge in [-0.25, -0.2) is 4.79 Å². The number of carbonyl (C=O) groups is 1. The smallest absolute Gasteiger partial charge is 0.338 e. The number of rotatable bonds is 4. The number of nitrogens with two attached hydrogens (primary N) is 1. The fraction of sp³-hybridized carbons (Fsp3) is 0.500. The Bertz CT molecular complexity index is 442. The van der Waals surface area contributed by atoms with Gasteiger partial charge in [0.2, 0.25) is 0 Å². The number of ether oxygens (including phenoxy) is 1. The third kappa shape index (κ3) is 3.53. The lowest BCUT2D eigenvalue weighted by Crippen LogP contribution is -2.43. The Morgan fingerprint density at radius 2 is 2.16 bits per heavy atom. The molecule has 0 amide bonds. The van der Waals surface area contributed by atoms with E-state index in [0.717, 1.165) is 43.9 Å². The number of nitrogens with zero attached hydrogens (tertiary/aromatic N) is 1. The van der Waals surface area contributed by atoms with Crippen molar-refractivity contribution < 1.29 is 9.53 Å². The Labute approximate surface area is 113 Å². The Morgan fingerprint density at radius 3 is 2.79 bits per heavy atom. The topological polar surface area (TPSA) is 67.6 Å². The Hall–Kier alpha value is -1.43. The molecule has 0 atom stereocenters. The normalized spacial score (nSPS) is 16.3. The summed E-state index contributed by atoms with van der Waals surface area (Å²) in [6.07, 6.45) is 0. The number of nitrogens with one attached hydrogen (secondary N) is 1. The monoisotopic (exact) mass is 263 g/mol. The maximum absolute atomic E-state index is 11.8. The molecule has 0 aliphatic carbocycles. The lowest BCUT2D eigenvalue weighted by atomic mass is 10.0. The number of hydrogen-bond acceptors (Lipinski definition) is 5. The predicted octanol–water partition coefficient (Wildman–Crippen LogP) is 0.337. The first-order valence-corrected chi connectivity index (χ1v) is 6.58. The fourth-order valence-electron chi connectivity index (χ4n) is 2.32. The van der Waals surface area contributed by atoms with Gasteiger partial charge < -0.3 is 15.8 Å². The molecule has 0 saturated carbocycles. The summed E-state index contributed by atoms with van der Waals surface area (Å²) >= 11 is 0. The molecule has 0 spiro atoms. The molecule has 104 valence electrons. The molecule has 1 fully saturated rings. The minimum atomic E-state index is -0.284. The molecule has 1 saturated heterocycles. The summed E-state index contributed by atoms with van der Waals surface area (Å²) in [5, 5.41) is 3.32. The van der Waals surface area contributed by atoms with Gasteiger partial charge in [0.05, 0.1) is 12.7 Å². The van der Waals surface area contributed by atoms with E-state index in [2.05, 4.69) is 10.2 Å². The van der Waals surface area contributed by atoms with Crippen molar-refractivity contribution in [3.8, 4) is 0 Å². The summed E-state index contributed by atoms with van der Waals surface area (Å²) in [6, 6.07) is 5.70. The van der Waals surface area contributed by atoms with Crippen molar-refractivity contribution in [2.75, 3.05) is 33.3 Å². The van der Waals surface area contributed by atoms with E-state index in [4.69, 9.17) is 10.5 Å². The molecule has 0 bridgehead atoms.